The number of carbonyl (C=O) groups is 1. The van der Waals surface area contributed by atoms with E-state index in [1.165, 1.54) is 49.7 Å². The van der Waals surface area contributed by atoms with Crippen molar-refractivity contribution >= 4 is 75.5 Å². The van der Waals surface area contributed by atoms with Gasteiger partial charge in [-0.1, -0.05) is 191 Å². The number of aryl methyl sites for hydroxylation is 4. The molecule has 518 valence electrons. The van der Waals surface area contributed by atoms with Crippen LogP contribution in [0.4, 0.5) is 34.6 Å². The Hall–Kier alpha value is -9.92. The molecule has 5 aromatic carbocycles. The Labute approximate surface area is 587 Å². The minimum absolute atomic E-state index is 0.107. The van der Waals surface area contributed by atoms with Crippen molar-refractivity contribution in [2.24, 2.45) is 0 Å². The summed E-state index contributed by atoms with van der Waals surface area (Å²) < 4.78 is 78.4. The molecule has 10 nitrogen and oxygen atoms in total. The van der Waals surface area contributed by atoms with Gasteiger partial charge in [0.25, 0.3) is 5.70 Å². The lowest BCUT2D eigenvalue weighted by molar-refractivity contribution is -0.132. The van der Waals surface area contributed by atoms with E-state index in [-0.39, 0.29) is 17.3 Å². The van der Waals surface area contributed by atoms with Gasteiger partial charge >= 0.3 is 5.97 Å². The first-order chi connectivity index (χ1) is 48.8. The Morgan fingerprint density at radius 2 is 0.900 bits per heavy atom. The van der Waals surface area contributed by atoms with E-state index >= 15 is 17.6 Å². The zero-order valence-corrected chi connectivity index (χ0v) is 58.7. The topological polar surface area (TPSA) is 121 Å². The highest BCUT2D eigenvalue weighted by Crippen LogP contribution is 2.46. The van der Waals surface area contributed by atoms with Gasteiger partial charge in [-0.2, -0.15) is 0 Å². The average molecular weight is 1350 g/mol. The number of nitrogens with zero attached hydrogens (tertiary/aromatic N) is 4. The molecule has 0 saturated heterocycles. The standard InChI is InChI=1S/C86H92F4N6O4/c1-8-12-16-20-22-26-54-99-75-34-28-30-57(5)77(75)79-68-48-46-66(92-68)63(44-45-64-81(87)83(89)65(84(90)82(64)88)56-74(91-7)86(97)98)67-47-49-69(93-67)80(78-58(6)31-29-35-76(78)100-55-27-23-21-17-13-9-2)71-51-53-73(95-71)85(72-52-50-70(79)94-72)96(61-40-36-59(37-41-61)32-24-18-14-10-3)62-42-38-60(39-43-62)33-25-19-15-11-4/h28-31,34-43,46-53,56,92,95H,8-27,32-33,54-55H2,1-6H3,(H,97,98)/b66-63?,67-63?,74-56-,79-68?,79-70?,80-69?,80-71?,85-72?,85-73?. The quantitative estimate of drug-likeness (QED) is 0.00936. The number of hydrogen-bond donors (Lipinski definition) is 3. The van der Waals surface area contributed by atoms with Crippen molar-refractivity contribution in [3.63, 3.8) is 0 Å². The minimum atomic E-state index is -1.92. The van der Waals surface area contributed by atoms with Crippen LogP contribution in [-0.2, 0) is 17.6 Å². The van der Waals surface area contributed by atoms with Gasteiger partial charge in [-0.05, 0) is 166 Å². The highest BCUT2D eigenvalue weighted by Gasteiger charge is 2.28. The number of halogens is 4. The summed E-state index contributed by atoms with van der Waals surface area (Å²) >= 11 is 0. The molecule has 0 amide bonds. The van der Waals surface area contributed by atoms with E-state index in [0.717, 1.165) is 148 Å². The predicted molar refractivity (Wildman–Crippen MR) is 402 cm³/mol. The van der Waals surface area contributed by atoms with Crippen LogP contribution in [0.1, 0.15) is 218 Å². The first-order valence-electron chi connectivity index (χ1n) is 36.1. The summed E-state index contributed by atoms with van der Waals surface area (Å²) in [4.78, 5) is 35.5. The number of carboxylic acid groups (broad SMARTS) is 1. The molecule has 3 N–H and O–H groups in total. The Bertz CT molecular complexity index is 4430. The molecule has 2 aliphatic heterocycles. The SMILES string of the molecule is [C-]#[N+]/C(=C\c1c(F)c(F)c(C#Cc2c3nc(c(-c4c(C)cccc4OCCCCCCCC)c4ccc([nH]4)c(N(c4ccc(CCCCCC)cc4)c4ccc(CCCCCC)cc4)c4nc(c(-c5c(C)cccc5OCCCCCCCC)c5ccc2[nH]5)C=C4)C=C3)c(F)c1F)C(=O)O. The largest absolute Gasteiger partial charge is 0.493 e. The molecule has 10 rings (SSSR count). The van der Waals surface area contributed by atoms with Crippen LogP contribution in [-0.4, -0.2) is 44.2 Å². The van der Waals surface area contributed by atoms with E-state index < -0.39 is 46.1 Å². The van der Waals surface area contributed by atoms with Gasteiger partial charge in [0.15, 0.2) is 23.3 Å². The number of carboxylic acids is 1. The molecular weight excluding hydrogens is 1260 g/mol. The highest BCUT2D eigenvalue weighted by molar-refractivity contribution is 6.01. The van der Waals surface area contributed by atoms with Crippen molar-refractivity contribution in [1.29, 1.82) is 0 Å². The summed E-state index contributed by atoms with van der Waals surface area (Å²) in [6.45, 7) is 21.1. The number of aromatic nitrogens is 4. The van der Waals surface area contributed by atoms with E-state index in [4.69, 9.17) is 26.0 Å². The number of H-pyrrole nitrogens is 2. The van der Waals surface area contributed by atoms with Gasteiger partial charge in [-0.3, -0.25) is 4.79 Å². The maximum atomic E-state index is 16.4. The van der Waals surface area contributed by atoms with Gasteiger partial charge < -0.3 is 29.4 Å². The molecule has 0 atom stereocenters. The van der Waals surface area contributed by atoms with Crippen molar-refractivity contribution in [3.8, 4) is 45.6 Å². The Balaban J connectivity index is 1.30. The summed E-state index contributed by atoms with van der Waals surface area (Å²) in [5, 5.41) is 9.51. The fourth-order valence-corrected chi connectivity index (χ4v) is 13.2. The summed E-state index contributed by atoms with van der Waals surface area (Å²) in [6, 6.07) is 37.6. The third-order valence-electron chi connectivity index (χ3n) is 18.7. The molecule has 14 heteroatoms. The normalized spacial score (nSPS) is 11.8. The number of aromatic amines is 2. The van der Waals surface area contributed by atoms with Crippen molar-refractivity contribution in [1.82, 2.24) is 19.9 Å². The van der Waals surface area contributed by atoms with Crippen molar-refractivity contribution in [3.05, 3.63) is 211 Å². The fraction of sp³-hybridized carbons (Fsp3) is 0.349. The van der Waals surface area contributed by atoms with Gasteiger partial charge in [-0.25, -0.2) is 32.4 Å². The van der Waals surface area contributed by atoms with Gasteiger partial charge in [0.2, 0.25) is 0 Å². The van der Waals surface area contributed by atoms with Crippen LogP contribution < -0.4 is 14.4 Å². The number of benzene rings is 5. The average Bonchev–Trinajstić information content (AvgIpc) is 1.59. The van der Waals surface area contributed by atoms with Gasteiger partial charge in [0.1, 0.15) is 17.1 Å². The number of hydrogen-bond acceptors (Lipinski definition) is 6. The van der Waals surface area contributed by atoms with E-state index in [1.54, 1.807) is 12.1 Å². The van der Waals surface area contributed by atoms with E-state index in [2.05, 4.69) is 120 Å². The lowest BCUT2D eigenvalue weighted by Crippen LogP contribution is -2.12. The minimum Gasteiger partial charge on any atom is -0.493 e. The molecular formula is C86H92F4N6O4. The second-order valence-corrected chi connectivity index (χ2v) is 26.1. The molecule has 0 fully saturated rings. The summed E-state index contributed by atoms with van der Waals surface area (Å²) in [6.07, 6.45) is 32.1. The zero-order valence-electron chi connectivity index (χ0n) is 58.7. The van der Waals surface area contributed by atoms with E-state index in [9.17, 15) is 9.90 Å². The summed E-state index contributed by atoms with van der Waals surface area (Å²) in [5.41, 5.74) is 10.5. The summed E-state index contributed by atoms with van der Waals surface area (Å²) in [5.74, 6) is -2.81. The lowest BCUT2D eigenvalue weighted by atomic mass is 9.97. The highest BCUT2D eigenvalue weighted by atomic mass is 19.2. The van der Waals surface area contributed by atoms with Crippen LogP contribution in [0.5, 0.6) is 11.5 Å². The number of unbranched alkanes of at least 4 members (excludes halogenated alkanes) is 16. The molecule has 5 heterocycles. The fourth-order valence-electron chi connectivity index (χ4n) is 13.2. The Kier molecular flexibility index (Phi) is 26.0. The van der Waals surface area contributed by atoms with Crippen LogP contribution in [0.25, 0.3) is 79.5 Å². The monoisotopic (exact) mass is 1350 g/mol. The van der Waals surface area contributed by atoms with Crippen molar-refractivity contribution in [2.75, 3.05) is 18.1 Å². The number of rotatable bonds is 33. The maximum Gasteiger partial charge on any atom is 0.333 e. The first-order valence-corrected chi connectivity index (χ1v) is 36.1. The molecule has 100 heavy (non-hydrogen) atoms. The number of aliphatic carboxylic acids is 1. The van der Waals surface area contributed by atoms with Crippen molar-refractivity contribution in [2.45, 2.75) is 183 Å². The second-order valence-electron chi connectivity index (χ2n) is 26.1. The molecule has 2 aliphatic rings. The Morgan fingerprint density at radius 1 is 0.490 bits per heavy atom. The predicted octanol–water partition coefficient (Wildman–Crippen LogP) is 24.1. The van der Waals surface area contributed by atoms with E-state index in [0.29, 0.717) is 69.5 Å². The van der Waals surface area contributed by atoms with E-state index in [1.807, 2.05) is 74.5 Å². The molecule has 0 spiro atoms. The molecule has 0 saturated carbocycles. The van der Waals surface area contributed by atoms with Crippen LogP contribution in [0.15, 0.2) is 115 Å². The zero-order chi connectivity index (χ0) is 70.5. The van der Waals surface area contributed by atoms with Gasteiger partial charge in [0.05, 0.1) is 64.8 Å². The number of ether oxygens (including phenoxy) is 2. The maximum absolute atomic E-state index is 16.4. The molecule has 0 unspecified atom stereocenters. The van der Waals surface area contributed by atoms with Crippen LogP contribution in [0, 0.1) is 55.5 Å². The molecule has 8 aromatic rings. The third kappa shape index (κ3) is 17.6. The molecule has 3 aromatic heterocycles. The van der Waals surface area contributed by atoms with Gasteiger partial charge in [0, 0.05) is 50.2 Å². The molecule has 0 radical (unpaired) electrons. The number of anilines is 3. The number of nitrogens with one attached hydrogen (secondary N) is 2. The smallest absolute Gasteiger partial charge is 0.333 e. The molecule has 0 aliphatic carbocycles. The summed E-state index contributed by atoms with van der Waals surface area (Å²) in [7, 11) is 0. The van der Waals surface area contributed by atoms with Gasteiger partial charge in [-0.15, -0.1) is 0 Å². The van der Waals surface area contributed by atoms with Crippen LogP contribution in [0.2, 0.25) is 0 Å². The number of fused-ring (bicyclic) bond motifs is 8. The van der Waals surface area contributed by atoms with Crippen LogP contribution >= 0.6 is 0 Å². The van der Waals surface area contributed by atoms with Crippen LogP contribution in [0.3, 0.4) is 0 Å². The first kappa shape index (κ1) is 72.8. The van der Waals surface area contributed by atoms with Crippen molar-refractivity contribution < 1.29 is 36.9 Å². The Morgan fingerprint density at radius 3 is 1.38 bits per heavy atom. The second kappa shape index (κ2) is 35.7. The third-order valence-corrected chi connectivity index (χ3v) is 18.7. The lowest BCUT2D eigenvalue weighted by Gasteiger charge is -2.27. The molecule has 8 bridgehead atoms.